The summed E-state index contributed by atoms with van der Waals surface area (Å²) in [7, 11) is 0. The largest absolute Gasteiger partial charge is 0.384 e. The quantitative estimate of drug-likeness (QED) is 0.878. The Bertz CT molecular complexity index is 525. The molecule has 0 spiro atoms. The third-order valence-electron chi connectivity index (χ3n) is 3.27. The van der Waals surface area contributed by atoms with Crippen LogP contribution in [0.1, 0.15) is 31.0 Å². The second-order valence-corrected chi connectivity index (χ2v) is 5.69. The van der Waals surface area contributed by atoms with Gasteiger partial charge in [-0.1, -0.05) is 18.2 Å². The van der Waals surface area contributed by atoms with E-state index in [1.165, 1.54) is 6.07 Å². The zero-order valence-corrected chi connectivity index (χ0v) is 11.9. The lowest BCUT2D eigenvalue weighted by molar-refractivity contribution is 0.0547. The highest BCUT2D eigenvalue weighted by molar-refractivity contribution is 7.08. The Kier molecular flexibility index (Phi) is 4.34. The van der Waals surface area contributed by atoms with Gasteiger partial charge in [-0.15, -0.1) is 0 Å². The number of hydrogen-bond acceptors (Lipinski definition) is 3. The third kappa shape index (κ3) is 3.41. The molecule has 19 heavy (non-hydrogen) atoms. The summed E-state index contributed by atoms with van der Waals surface area (Å²) < 4.78 is 13.6. The van der Waals surface area contributed by atoms with Gasteiger partial charge in [-0.3, -0.25) is 0 Å². The summed E-state index contributed by atoms with van der Waals surface area (Å²) in [4.78, 5) is 0. The van der Waals surface area contributed by atoms with Crippen LogP contribution < -0.4 is 5.32 Å². The highest BCUT2D eigenvalue weighted by Crippen LogP contribution is 2.24. The molecule has 2 nitrogen and oxygen atoms in total. The Morgan fingerprint density at radius 1 is 1.37 bits per heavy atom. The number of hydrogen-bond donors (Lipinski definition) is 2. The molecule has 0 aliphatic rings. The van der Waals surface area contributed by atoms with Gasteiger partial charge in [0.05, 0.1) is 0 Å². The van der Waals surface area contributed by atoms with E-state index in [0.29, 0.717) is 12.1 Å². The molecule has 0 radical (unpaired) electrons. The minimum Gasteiger partial charge on any atom is -0.384 e. The van der Waals surface area contributed by atoms with Crippen molar-refractivity contribution >= 4 is 11.3 Å². The Hall–Kier alpha value is -1.23. The normalized spacial score (nSPS) is 16.0. The molecule has 2 atom stereocenters. The van der Waals surface area contributed by atoms with Crippen LogP contribution >= 0.6 is 11.3 Å². The monoisotopic (exact) mass is 279 g/mol. The molecule has 0 saturated heterocycles. The van der Waals surface area contributed by atoms with Crippen LogP contribution in [0.5, 0.6) is 0 Å². The lowest BCUT2D eigenvalue weighted by atomic mass is 9.98. The summed E-state index contributed by atoms with van der Waals surface area (Å²) in [6.07, 6.45) is 0. The SMILES string of the molecule is C[C@@H](NC[C@@](C)(O)c1ccsc1)c1ccccc1F. The minimum absolute atomic E-state index is 0.147. The minimum atomic E-state index is -0.945. The van der Waals surface area contributed by atoms with Gasteiger partial charge in [0.2, 0.25) is 0 Å². The summed E-state index contributed by atoms with van der Waals surface area (Å²) in [6, 6.07) is 8.45. The molecule has 1 aromatic heterocycles. The molecular formula is C15H18FNOS. The highest BCUT2D eigenvalue weighted by Gasteiger charge is 2.24. The Labute approximate surface area is 116 Å². The van der Waals surface area contributed by atoms with Crippen LogP contribution in [0.25, 0.3) is 0 Å². The van der Waals surface area contributed by atoms with Gasteiger partial charge in [0, 0.05) is 18.2 Å². The fourth-order valence-corrected chi connectivity index (χ4v) is 2.74. The van der Waals surface area contributed by atoms with Gasteiger partial charge in [-0.05, 0) is 42.3 Å². The first-order valence-electron chi connectivity index (χ1n) is 6.23. The second-order valence-electron chi connectivity index (χ2n) is 4.91. The maximum Gasteiger partial charge on any atom is 0.127 e. The molecule has 1 aromatic carbocycles. The fraction of sp³-hybridized carbons (Fsp3) is 0.333. The van der Waals surface area contributed by atoms with E-state index in [9.17, 15) is 9.50 Å². The van der Waals surface area contributed by atoms with Crippen molar-refractivity contribution < 1.29 is 9.50 Å². The summed E-state index contributed by atoms with van der Waals surface area (Å²) in [5, 5.41) is 17.4. The van der Waals surface area contributed by atoms with Gasteiger partial charge in [0.1, 0.15) is 11.4 Å². The molecule has 102 valence electrons. The maximum atomic E-state index is 13.6. The fourth-order valence-electron chi connectivity index (χ4n) is 1.96. The Morgan fingerprint density at radius 2 is 2.11 bits per heavy atom. The molecule has 2 rings (SSSR count). The zero-order chi connectivity index (χ0) is 13.9. The lowest BCUT2D eigenvalue weighted by Crippen LogP contribution is -2.36. The molecule has 0 aliphatic heterocycles. The van der Waals surface area contributed by atoms with E-state index in [1.807, 2.05) is 29.8 Å². The van der Waals surface area contributed by atoms with Crippen LogP contribution in [-0.4, -0.2) is 11.7 Å². The molecule has 0 saturated carbocycles. The van der Waals surface area contributed by atoms with Crippen LogP contribution in [0.2, 0.25) is 0 Å². The summed E-state index contributed by atoms with van der Waals surface area (Å²) >= 11 is 1.55. The summed E-state index contributed by atoms with van der Waals surface area (Å²) in [5.74, 6) is -0.224. The molecule has 4 heteroatoms. The van der Waals surface area contributed by atoms with E-state index in [1.54, 1.807) is 30.4 Å². The molecule has 0 amide bonds. The zero-order valence-electron chi connectivity index (χ0n) is 11.1. The van der Waals surface area contributed by atoms with Crippen molar-refractivity contribution in [3.05, 3.63) is 58.0 Å². The average molecular weight is 279 g/mol. The van der Waals surface area contributed by atoms with Gasteiger partial charge >= 0.3 is 0 Å². The number of benzene rings is 1. The summed E-state index contributed by atoms with van der Waals surface area (Å²) in [6.45, 7) is 4.03. The topological polar surface area (TPSA) is 32.3 Å². The highest BCUT2D eigenvalue weighted by atomic mass is 32.1. The number of aliphatic hydroxyl groups is 1. The molecule has 0 bridgehead atoms. The summed E-state index contributed by atoms with van der Waals surface area (Å²) in [5.41, 5.74) is 0.550. The molecular weight excluding hydrogens is 261 g/mol. The second kappa shape index (κ2) is 5.82. The number of halogens is 1. The molecule has 0 fully saturated rings. The van der Waals surface area contributed by atoms with Crippen LogP contribution in [0.4, 0.5) is 4.39 Å². The predicted octanol–water partition coefficient (Wildman–Crippen LogP) is 3.45. The van der Waals surface area contributed by atoms with Gasteiger partial charge in [0.15, 0.2) is 0 Å². The van der Waals surface area contributed by atoms with E-state index in [2.05, 4.69) is 5.32 Å². The number of thiophene rings is 1. The van der Waals surface area contributed by atoms with Crippen LogP contribution in [-0.2, 0) is 5.60 Å². The van der Waals surface area contributed by atoms with Crippen LogP contribution in [0, 0.1) is 5.82 Å². The Balaban J connectivity index is 2.01. The van der Waals surface area contributed by atoms with Gasteiger partial charge in [0.25, 0.3) is 0 Å². The first kappa shape index (κ1) is 14.2. The number of nitrogens with one attached hydrogen (secondary N) is 1. The standard InChI is InChI=1S/C15H18FNOS/c1-11(13-5-3-4-6-14(13)16)17-10-15(2,18)12-7-8-19-9-12/h3-9,11,17-18H,10H2,1-2H3/t11-,15-/m1/s1. The molecule has 2 N–H and O–H groups in total. The van der Waals surface area contributed by atoms with Crippen molar-refractivity contribution in [1.82, 2.24) is 5.32 Å². The van der Waals surface area contributed by atoms with Crippen molar-refractivity contribution in [3.63, 3.8) is 0 Å². The molecule has 0 unspecified atom stereocenters. The third-order valence-corrected chi connectivity index (χ3v) is 3.95. The molecule has 0 aliphatic carbocycles. The van der Waals surface area contributed by atoms with Crippen molar-refractivity contribution in [3.8, 4) is 0 Å². The van der Waals surface area contributed by atoms with Crippen LogP contribution in [0.3, 0.4) is 0 Å². The first-order chi connectivity index (χ1) is 9.00. The van der Waals surface area contributed by atoms with Gasteiger partial charge in [-0.25, -0.2) is 4.39 Å². The first-order valence-corrected chi connectivity index (χ1v) is 7.18. The Morgan fingerprint density at radius 3 is 2.74 bits per heavy atom. The van der Waals surface area contributed by atoms with Gasteiger partial charge in [-0.2, -0.15) is 11.3 Å². The maximum absolute atomic E-state index is 13.6. The smallest absolute Gasteiger partial charge is 0.127 e. The molecule has 1 heterocycles. The van der Waals surface area contributed by atoms with E-state index < -0.39 is 5.60 Å². The number of rotatable bonds is 5. The van der Waals surface area contributed by atoms with Crippen molar-refractivity contribution in [2.45, 2.75) is 25.5 Å². The van der Waals surface area contributed by atoms with E-state index in [-0.39, 0.29) is 11.9 Å². The van der Waals surface area contributed by atoms with Crippen molar-refractivity contribution in [2.75, 3.05) is 6.54 Å². The van der Waals surface area contributed by atoms with E-state index >= 15 is 0 Å². The van der Waals surface area contributed by atoms with Gasteiger partial charge < -0.3 is 10.4 Å². The van der Waals surface area contributed by atoms with E-state index in [0.717, 1.165) is 5.56 Å². The lowest BCUT2D eigenvalue weighted by Gasteiger charge is -2.25. The van der Waals surface area contributed by atoms with Crippen LogP contribution in [0.15, 0.2) is 41.1 Å². The molecule has 2 aromatic rings. The average Bonchev–Trinajstić information content (AvgIpc) is 2.91. The van der Waals surface area contributed by atoms with Crippen molar-refractivity contribution in [2.24, 2.45) is 0 Å². The predicted molar refractivity (Wildman–Crippen MR) is 76.7 cm³/mol. The van der Waals surface area contributed by atoms with E-state index in [4.69, 9.17) is 0 Å². The van der Waals surface area contributed by atoms with Crippen molar-refractivity contribution in [1.29, 1.82) is 0 Å².